The first-order valence-electron chi connectivity index (χ1n) is 6.11. The summed E-state index contributed by atoms with van der Waals surface area (Å²) in [7, 11) is -3.89. The average molecular weight is 298 g/mol. The van der Waals surface area contributed by atoms with Crippen LogP contribution in [0.1, 0.15) is 26.2 Å². The summed E-state index contributed by atoms with van der Waals surface area (Å²) in [4.78, 5) is 11.5. The predicted molar refractivity (Wildman–Crippen MR) is 77.6 cm³/mol. The molecule has 0 aliphatic heterocycles. The fourth-order valence-electron chi connectivity index (χ4n) is 1.46. The van der Waals surface area contributed by atoms with Crippen LogP contribution in [-0.2, 0) is 14.8 Å². The summed E-state index contributed by atoms with van der Waals surface area (Å²) in [5.41, 5.74) is 10.6. The molecule has 8 heteroatoms. The molecule has 20 heavy (non-hydrogen) atoms. The van der Waals surface area contributed by atoms with Gasteiger partial charge in [0.25, 0.3) is 10.0 Å². The molecule has 1 aromatic rings. The molecule has 0 aliphatic rings. The Balaban J connectivity index is 2.80. The zero-order chi connectivity index (χ0) is 15.2. The first kappa shape index (κ1) is 16.0. The van der Waals surface area contributed by atoms with Crippen LogP contribution in [0.25, 0.3) is 0 Å². The van der Waals surface area contributed by atoms with Crippen molar-refractivity contribution in [3.63, 3.8) is 0 Å². The van der Waals surface area contributed by atoms with Crippen molar-refractivity contribution in [3.8, 4) is 0 Å². The number of benzene rings is 1. The van der Waals surface area contributed by atoms with Gasteiger partial charge < -0.3 is 16.8 Å². The fourth-order valence-corrected chi connectivity index (χ4v) is 2.33. The van der Waals surface area contributed by atoms with Crippen molar-refractivity contribution in [2.75, 3.05) is 5.32 Å². The van der Waals surface area contributed by atoms with E-state index in [1.807, 2.05) is 6.92 Å². The van der Waals surface area contributed by atoms with Gasteiger partial charge in [-0.3, -0.25) is 4.79 Å². The zero-order valence-corrected chi connectivity index (χ0v) is 12.0. The summed E-state index contributed by atoms with van der Waals surface area (Å²) in [6.07, 6.45) is 2.18. The molecule has 0 saturated carbocycles. The highest BCUT2D eigenvalue weighted by Gasteiger charge is 2.13. The van der Waals surface area contributed by atoms with Crippen molar-refractivity contribution in [1.82, 2.24) is 0 Å². The Labute approximate surface area is 118 Å². The van der Waals surface area contributed by atoms with Crippen molar-refractivity contribution in [3.05, 3.63) is 24.3 Å². The second-order valence-electron chi connectivity index (χ2n) is 4.17. The van der Waals surface area contributed by atoms with Gasteiger partial charge in [0.1, 0.15) is 0 Å². The van der Waals surface area contributed by atoms with Gasteiger partial charge in [0.15, 0.2) is 0 Å². The van der Waals surface area contributed by atoms with Crippen LogP contribution in [0.4, 0.5) is 5.69 Å². The maximum Gasteiger partial charge on any atom is 0.285 e. The van der Waals surface area contributed by atoms with Crippen LogP contribution in [-0.4, -0.2) is 20.3 Å². The summed E-state index contributed by atoms with van der Waals surface area (Å²) in [6.45, 7) is 2.00. The van der Waals surface area contributed by atoms with E-state index in [0.29, 0.717) is 12.1 Å². The van der Waals surface area contributed by atoms with E-state index in [-0.39, 0.29) is 10.8 Å². The van der Waals surface area contributed by atoms with E-state index in [9.17, 15) is 13.2 Å². The number of hydrogen-bond donors (Lipinski definition) is 3. The van der Waals surface area contributed by atoms with Gasteiger partial charge in [-0.05, 0) is 30.7 Å². The largest absolute Gasteiger partial charge is 0.369 e. The number of hydrogen-bond acceptors (Lipinski definition) is 3. The SMILES string of the molecule is CCCCC(=O)Nc1ccc(S(=O)(=O)N=C(N)N)cc1. The Kier molecular flexibility index (Phi) is 5.51. The smallest absolute Gasteiger partial charge is 0.285 e. The number of nitrogens with two attached hydrogens (primary N) is 2. The highest BCUT2D eigenvalue weighted by atomic mass is 32.2. The minimum atomic E-state index is -3.89. The number of anilines is 1. The van der Waals surface area contributed by atoms with Crippen LogP contribution >= 0.6 is 0 Å². The zero-order valence-electron chi connectivity index (χ0n) is 11.2. The Morgan fingerprint density at radius 1 is 1.25 bits per heavy atom. The molecule has 0 spiro atoms. The van der Waals surface area contributed by atoms with Gasteiger partial charge in [0, 0.05) is 12.1 Å². The maximum atomic E-state index is 11.7. The molecule has 7 nitrogen and oxygen atoms in total. The topological polar surface area (TPSA) is 128 Å². The molecule has 0 atom stereocenters. The van der Waals surface area contributed by atoms with Gasteiger partial charge in [-0.2, -0.15) is 8.42 Å². The second-order valence-corrected chi connectivity index (χ2v) is 5.77. The van der Waals surface area contributed by atoms with Gasteiger partial charge in [0.2, 0.25) is 11.9 Å². The first-order valence-corrected chi connectivity index (χ1v) is 7.55. The molecule has 0 heterocycles. The Morgan fingerprint density at radius 3 is 2.35 bits per heavy atom. The van der Waals surface area contributed by atoms with E-state index in [0.717, 1.165) is 12.8 Å². The van der Waals surface area contributed by atoms with Crippen molar-refractivity contribution < 1.29 is 13.2 Å². The molecular formula is C12H18N4O3S. The van der Waals surface area contributed by atoms with Crippen molar-refractivity contribution in [2.24, 2.45) is 15.9 Å². The number of amides is 1. The van der Waals surface area contributed by atoms with Crippen LogP contribution in [0.15, 0.2) is 33.6 Å². The summed E-state index contributed by atoms with van der Waals surface area (Å²) in [5, 5.41) is 2.68. The first-order chi connectivity index (χ1) is 9.35. The van der Waals surface area contributed by atoms with Crippen LogP contribution in [0.5, 0.6) is 0 Å². The third-order valence-electron chi connectivity index (χ3n) is 2.42. The number of carbonyl (C=O) groups excluding carboxylic acids is 1. The summed E-state index contributed by atoms with van der Waals surface area (Å²) < 4.78 is 26.5. The molecule has 0 saturated heterocycles. The number of unbranched alkanes of at least 4 members (excludes halogenated alkanes) is 1. The van der Waals surface area contributed by atoms with Crippen LogP contribution in [0.2, 0.25) is 0 Å². The molecule has 0 bridgehead atoms. The number of sulfonamides is 1. The lowest BCUT2D eigenvalue weighted by Crippen LogP contribution is -2.24. The van der Waals surface area contributed by atoms with E-state index in [2.05, 4.69) is 9.71 Å². The lowest BCUT2D eigenvalue weighted by Gasteiger charge is -2.05. The number of nitrogens with zero attached hydrogens (tertiary/aromatic N) is 1. The molecule has 1 amide bonds. The van der Waals surface area contributed by atoms with Gasteiger partial charge >= 0.3 is 0 Å². The molecule has 5 N–H and O–H groups in total. The lowest BCUT2D eigenvalue weighted by atomic mass is 10.2. The van der Waals surface area contributed by atoms with Crippen molar-refractivity contribution in [1.29, 1.82) is 0 Å². The highest BCUT2D eigenvalue weighted by Crippen LogP contribution is 2.16. The van der Waals surface area contributed by atoms with E-state index < -0.39 is 16.0 Å². The molecule has 0 fully saturated rings. The lowest BCUT2D eigenvalue weighted by molar-refractivity contribution is -0.116. The minimum absolute atomic E-state index is 0.0440. The predicted octanol–water partition coefficient (Wildman–Crippen LogP) is 0.777. The van der Waals surface area contributed by atoms with Crippen LogP contribution < -0.4 is 16.8 Å². The molecule has 1 aromatic carbocycles. The standard InChI is InChI=1S/C12H18N4O3S/c1-2-3-4-11(17)15-9-5-7-10(8-6-9)20(18,19)16-12(13)14/h5-8H,2-4H2,1H3,(H,15,17)(H4,13,14,16). The molecule has 0 aliphatic carbocycles. The van der Waals surface area contributed by atoms with Gasteiger partial charge in [-0.25, -0.2) is 0 Å². The Hall–Kier alpha value is -2.09. The molecule has 110 valence electrons. The summed E-state index contributed by atoms with van der Waals surface area (Å²) in [6, 6.07) is 5.63. The maximum absolute atomic E-state index is 11.7. The Bertz CT molecular complexity index is 590. The Morgan fingerprint density at radius 2 is 1.85 bits per heavy atom. The summed E-state index contributed by atoms with van der Waals surface area (Å²) in [5.74, 6) is -0.631. The van der Waals surface area contributed by atoms with E-state index in [1.54, 1.807) is 0 Å². The monoisotopic (exact) mass is 298 g/mol. The van der Waals surface area contributed by atoms with Gasteiger partial charge in [-0.1, -0.05) is 13.3 Å². The van der Waals surface area contributed by atoms with E-state index >= 15 is 0 Å². The minimum Gasteiger partial charge on any atom is -0.369 e. The second kappa shape index (κ2) is 6.90. The van der Waals surface area contributed by atoms with Crippen molar-refractivity contribution in [2.45, 2.75) is 31.1 Å². The third-order valence-corrected chi connectivity index (χ3v) is 3.74. The third kappa shape index (κ3) is 4.88. The van der Waals surface area contributed by atoms with E-state index in [1.165, 1.54) is 24.3 Å². The molecule has 0 aromatic heterocycles. The number of carbonyl (C=O) groups is 1. The normalized spacial score (nSPS) is 10.8. The number of rotatable bonds is 6. The molecule has 0 unspecified atom stereocenters. The number of nitrogens with one attached hydrogen (secondary N) is 1. The molecule has 0 radical (unpaired) electrons. The quantitative estimate of drug-likeness (QED) is 0.528. The van der Waals surface area contributed by atoms with Crippen LogP contribution in [0, 0.1) is 0 Å². The fraction of sp³-hybridized carbons (Fsp3) is 0.333. The van der Waals surface area contributed by atoms with E-state index in [4.69, 9.17) is 11.5 Å². The summed E-state index contributed by atoms with van der Waals surface area (Å²) >= 11 is 0. The average Bonchev–Trinajstić information content (AvgIpc) is 2.35. The van der Waals surface area contributed by atoms with Gasteiger partial charge in [0.05, 0.1) is 4.90 Å². The molecular weight excluding hydrogens is 280 g/mol. The molecule has 1 rings (SSSR count). The highest BCUT2D eigenvalue weighted by molar-refractivity contribution is 7.90. The van der Waals surface area contributed by atoms with Gasteiger partial charge in [-0.15, -0.1) is 4.40 Å². The van der Waals surface area contributed by atoms with Crippen molar-refractivity contribution >= 4 is 27.6 Å². The number of guanidine groups is 1. The van der Waals surface area contributed by atoms with Crippen LogP contribution in [0.3, 0.4) is 0 Å².